The van der Waals surface area contributed by atoms with E-state index < -0.39 is 6.10 Å². The molecule has 0 radical (unpaired) electrons. The van der Waals surface area contributed by atoms with Crippen molar-refractivity contribution in [2.45, 2.75) is 25.9 Å². The fraction of sp³-hybridized carbons (Fsp3) is 0.400. The summed E-state index contributed by atoms with van der Waals surface area (Å²) in [7, 11) is 0. The molecule has 0 saturated heterocycles. The van der Waals surface area contributed by atoms with Crippen molar-refractivity contribution in [3.63, 3.8) is 0 Å². The maximum absolute atomic E-state index is 12.1. The summed E-state index contributed by atoms with van der Waals surface area (Å²) in [5, 5.41) is 3.40. The van der Waals surface area contributed by atoms with Crippen LogP contribution in [-0.4, -0.2) is 25.2 Å². The zero-order chi connectivity index (χ0) is 14.5. The Morgan fingerprint density at radius 3 is 3.20 bits per heavy atom. The number of rotatable bonds is 6. The lowest BCUT2D eigenvalue weighted by molar-refractivity contribution is -0.126. The molecule has 1 amide bonds. The van der Waals surface area contributed by atoms with Crippen molar-refractivity contribution in [3.05, 3.63) is 35.4 Å². The Hall–Kier alpha value is -1.52. The van der Waals surface area contributed by atoms with E-state index in [1.54, 1.807) is 19.1 Å². The normalized spacial score (nSPS) is 14.3. The molecule has 1 N–H and O–H groups in total. The highest BCUT2D eigenvalue weighted by molar-refractivity contribution is 6.31. The molecule has 1 atom stereocenters. The van der Waals surface area contributed by atoms with Crippen LogP contribution in [0.3, 0.4) is 0 Å². The predicted molar refractivity (Wildman–Crippen MR) is 79.5 cm³/mol. The second-order valence-corrected chi connectivity index (χ2v) is 5.06. The summed E-state index contributed by atoms with van der Waals surface area (Å²) in [5.74, 6) is 0.495. The smallest absolute Gasteiger partial charge is 0.253 e. The molecule has 1 heterocycles. The highest BCUT2D eigenvalue weighted by Gasteiger charge is 2.21. The number of benzene rings is 1. The number of ether oxygens (including phenoxy) is 2. The summed E-state index contributed by atoms with van der Waals surface area (Å²) < 4.78 is 10.9. The molecular formula is C15H18ClNO3. The van der Waals surface area contributed by atoms with Crippen molar-refractivity contribution in [3.8, 4) is 5.75 Å². The van der Waals surface area contributed by atoms with Crippen LogP contribution < -0.4 is 10.1 Å². The summed E-state index contributed by atoms with van der Waals surface area (Å²) in [4.78, 5) is 12.1. The van der Waals surface area contributed by atoms with Gasteiger partial charge in [0.05, 0.1) is 18.9 Å². The molecular weight excluding hydrogens is 278 g/mol. The molecule has 20 heavy (non-hydrogen) atoms. The van der Waals surface area contributed by atoms with Crippen molar-refractivity contribution in [1.29, 1.82) is 0 Å². The molecule has 0 bridgehead atoms. The molecule has 0 aromatic heterocycles. The fourth-order valence-electron chi connectivity index (χ4n) is 2.00. The second kappa shape index (κ2) is 6.77. The van der Waals surface area contributed by atoms with Gasteiger partial charge in [-0.05, 0) is 25.5 Å². The monoisotopic (exact) mass is 295 g/mol. The minimum Gasteiger partial charge on any atom is -0.491 e. The molecule has 1 aliphatic heterocycles. The topological polar surface area (TPSA) is 47.6 Å². The number of amides is 1. The Kier molecular flexibility index (Phi) is 5.04. The van der Waals surface area contributed by atoms with Gasteiger partial charge in [-0.15, -0.1) is 6.58 Å². The van der Waals surface area contributed by atoms with Gasteiger partial charge in [0.2, 0.25) is 0 Å². The zero-order valence-corrected chi connectivity index (χ0v) is 12.2. The molecule has 4 nitrogen and oxygen atoms in total. The van der Waals surface area contributed by atoms with Crippen LogP contribution in [0.2, 0.25) is 5.02 Å². The van der Waals surface area contributed by atoms with Crippen LogP contribution >= 0.6 is 11.6 Å². The third kappa shape index (κ3) is 3.52. The van der Waals surface area contributed by atoms with Gasteiger partial charge in [0.25, 0.3) is 5.91 Å². The van der Waals surface area contributed by atoms with Crippen molar-refractivity contribution in [2.75, 3.05) is 18.5 Å². The quantitative estimate of drug-likeness (QED) is 0.647. The van der Waals surface area contributed by atoms with Crippen LogP contribution in [0.25, 0.3) is 0 Å². The molecule has 5 heteroatoms. The Morgan fingerprint density at radius 2 is 2.45 bits per heavy atom. The van der Waals surface area contributed by atoms with Gasteiger partial charge in [-0.3, -0.25) is 4.79 Å². The van der Waals surface area contributed by atoms with Gasteiger partial charge in [0, 0.05) is 17.0 Å². The number of carbonyl (C=O) groups excluding carboxylic acids is 1. The van der Waals surface area contributed by atoms with Crippen LogP contribution in [-0.2, 0) is 16.0 Å². The number of hydrogen-bond acceptors (Lipinski definition) is 3. The maximum atomic E-state index is 12.1. The van der Waals surface area contributed by atoms with Gasteiger partial charge in [-0.25, -0.2) is 0 Å². The summed E-state index contributed by atoms with van der Waals surface area (Å²) >= 11 is 6.04. The summed E-state index contributed by atoms with van der Waals surface area (Å²) in [6, 6.07) is 3.56. The third-order valence-corrected chi connectivity index (χ3v) is 3.28. The van der Waals surface area contributed by atoms with Crippen LogP contribution in [0.4, 0.5) is 5.69 Å². The van der Waals surface area contributed by atoms with Gasteiger partial charge >= 0.3 is 0 Å². The molecule has 1 aromatic carbocycles. The molecule has 0 fully saturated rings. The molecule has 108 valence electrons. The molecule has 1 aliphatic rings. The zero-order valence-electron chi connectivity index (χ0n) is 11.4. The predicted octanol–water partition coefficient (Wildman–Crippen LogP) is 3.19. The Labute approximate surface area is 123 Å². The first-order valence-electron chi connectivity index (χ1n) is 6.60. The van der Waals surface area contributed by atoms with Crippen LogP contribution in [0.15, 0.2) is 24.8 Å². The van der Waals surface area contributed by atoms with E-state index in [2.05, 4.69) is 11.9 Å². The van der Waals surface area contributed by atoms with E-state index in [1.807, 2.05) is 6.07 Å². The first-order chi connectivity index (χ1) is 9.61. The third-order valence-electron chi connectivity index (χ3n) is 3.07. The van der Waals surface area contributed by atoms with Crippen molar-refractivity contribution < 1.29 is 14.3 Å². The minimum atomic E-state index is -0.536. The van der Waals surface area contributed by atoms with Crippen LogP contribution in [0, 0.1) is 0 Å². The number of carbonyl (C=O) groups is 1. The Bertz CT molecular complexity index is 516. The number of fused-ring (bicyclic) bond motifs is 1. The lowest BCUT2D eigenvalue weighted by atomic mass is 10.1. The van der Waals surface area contributed by atoms with Gasteiger partial charge in [0.1, 0.15) is 11.9 Å². The number of nitrogens with one attached hydrogen (secondary N) is 1. The number of hydrogen-bond donors (Lipinski definition) is 1. The van der Waals surface area contributed by atoms with Crippen molar-refractivity contribution in [2.24, 2.45) is 0 Å². The lowest BCUT2D eigenvalue weighted by Crippen LogP contribution is -2.28. The van der Waals surface area contributed by atoms with Gasteiger partial charge in [0.15, 0.2) is 0 Å². The molecule has 0 spiro atoms. The summed E-state index contributed by atoms with van der Waals surface area (Å²) in [6.45, 7) is 6.41. The summed E-state index contributed by atoms with van der Waals surface area (Å²) in [5.41, 5.74) is 1.63. The second-order valence-electron chi connectivity index (χ2n) is 4.62. The van der Waals surface area contributed by atoms with Gasteiger partial charge in [-0.2, -0.15) is 0 Å². The molecule has 2 rings (SSSR count). The van der Waals surface area contributed by atoms with Gasteiger partial charge < -0.3 is 14.8 Å². The number of anilines is 1. The van der Waals surface area contributed by atoms with Gasteiger partial charge in [-0.1, -0.05) is 17.7 Å². The van der Waals surface area contributed by atoms with E-state index in [-0.39, 0.29) is 5.91 Å². The van der Waals surface area contributed by atoms with E-state index in [1.165, 1.54) is 0 Å². The Morgan fingerprint density at radius 1 is 1.65 bits per heavy atom. The summed E-state index contributed by atoms with van der Waals surface area (Å²) in [6.07, 6.45) is 2.74. The average molecular weight is 296 g/mol. The maximum Gasteiger partial charge on any atom is 0.253 e. The van der Waals surface area contributed by atoms with Crippen molar-refractivity contribution >= 4 is 23.2 Å². The van der Waals surface area contributed by atoms with E-state index >= 15 is 0 Å². The molecule has 0 unspecified atom stereocenters. The minimum absolute atomic E-state index is 0.214. The fourth-order valence-corrected chi connectivity index (χ4v) is 2.24. The molecule has 0 aliphatic carbocycles. The first-order valence-corrected chi connectivity index (χ1v) is 6.98. The highest BCUT2D eigenvalue weighted by Crippen LogP contribution is 2.36. The van der Waals surface area contributed by atoms with E-state index in [0.717, 1.165) is 12.0 Å². The average Bonchev–Trinajstić information content (AvgIpc) is 2.86. The van der Waals surface area contributed by atoms with E-state index in [9.17, 15) is 4.79 Å². The van der Waals surface area contributed by atoms with E-state index in [0.29, 0.717) is 36.1 Å². The molecule has 0 saturated carbocycles. The standard InChI is InChI=1S/C15H18ClNO3/c1-3-4-6-19-10(2)15(18)17-13-9-12(16)8-11-5-7-20-14(11)13/h3,8-10H,1,4-7H2,2H3,(H,17,18)/t10-/m0/s1. The number of halogens is 1. The molecule has 1 aromatic rings. The van der Waals surface area contributed by atoms with Crippen molar-refractivity contribution in [1.82, 2.24) is 0 Å². The van der Waals surface area contributed by atoms with Crippen LogP contribution in [0.5, 0.6) is 5.75 Å². The highest BCUT2D eigenvalue weighted by atomic mass is 35.5. The first kappa shape index (κ1) is 14.9. The Balaban J connectivity index is 2.03. The van der Waals surface area contributed by atoms with E-state index in [4.69, 9.17) is 21.1 Å². The van der Waals surface area contributed by atoms with Crippen LogP contribution in [0.1, 0.15) is 18.9 Å². The largest absolute Gasteiger partial charge is 0.491 e. The lowest BCUT2D eigenvalue weighted by Gasteiger charge is -2.15. The SMILES string of the molecule is C=CCCO[C@@H](C)C(=O)Nc1cc(Cl)cc2c1OCC2.